The fourth-order valence-corrected chi connectivity index (χ4v) is 16.6. The van der Waals surface area contributed by atoms with Gasteiger partial charge < -0.3 is 61.6 Å². The quantitative estimate of drug-likeness (QED) is 0.0111. The van der Waals surface area contributed by atoms with Gasteiger partial charge in [-0.25, -0.2) is 34.4 Å². The zero-order chi connectivity index (χ0) is 76.9. The van der Waals surface area contributed by atoms with E-state index in [-0.39, 0.29) is 63.6 Å². The molecule has 107 heavy (non-hydrogen) atoms. The Bertz CT molecular complexity index is 4580. The molecule has 0 aromatic heterocycles. The number of carboxylic acid groups (broad SMARTS) is 1. The number of allylic oxidation sites excluding steroid dienone is 6. The molecule has 0 spiro atoms. The number of carboxylic acids is 1. The van der Waals surface area contributed by atoms with Crippen LogP contribution in [0.3, 0.4) is 0 Å². The van der Waals surface area contributed by atoms with Gasteiger partial charge in [-0.05, 0) is 183 Å². The van der Waals surface area contributed by atoms with Crippen LogP contribution in [0.4, 0.5) is 11.4 Å². The Kier molecular flexibility index (Phi) is 30.7. The minimum Gasteiger partial charge on any atom is -0.748 e. The standard InChI is InChI=1S/C77H102N6O20S4/c1-8-80(9-2)61-22-26-65-59(51-57(5)100-71(65)53-61)17-12-19-73-76(7,67-28-24-63(106(90,91)92)55-69(67)82(73)33-15-49-104-103-102-86)31-35-78-37-41-96-42-38-79(40-44-98-46-48-99-47-45-97-43-39-78)36-32-77(30-14-21-75(84)85)68-29-25-64(107(93,94)95)56-70(68)83(34-16-50-105(87,88)89)74(77)20-13-18-60-52-58(6)101-72-54-62(23-27-66(60)72)81(10-3)11-4/h12-13,17-20,22-29,51-56H,8-11,14-16,21,30-50H2,1-7H3,(H3-2,84,85,86,87,88,89,90,91,92,93,94,95)/p-2. The first kappa shape index (κ1) is 84.1. The highest BCUT2D eigenvalue weighted by molar-refractivity contribution is 7.94. The monoisotopic (exact) mass is 1560 g/mol. The predicted octanol–water partition coefficient (Wildman–Crippen LogP) is 8.08. The highest BCUT2D eigenvalue weighted by Gasteiger charge is 2.47. The second kappa shape index (κ2) is 39.1. The Morgan fingerprint density at radius 2 is 1.03 bits per heavy atom. The lowest BCUT2D eigenvalue weighted by Gasteiger charge is -2.36. The molecule has 2 atom stereocenters. The number of nitrogens with zero attached hydrogens (tertiary/aromatic N) is 6. The minimum absolute atomic E-state index is 0.0798. The third-order valence-corrected chi connectivity index (χ3v) is 23.2. The number of rotatable bonds is 30. The lowest BCUT2D eigenvalue weighted by molar-refractivity contribution is -0.777. The van der Waals surface area contributed by atoms with Gasteiger partial charge >= 0.3 is 5.97 Å². The van der Waals surface area contributed by atoms with Crippen LogP contribution >= 0.6 is 12.0 Å². The van der Waals surface area contributed by atoms with Crippen LogP contribution in [0.1, 0.15) is 113 Å². The van der Waals surface area contributed by atoms with E-state index in [1.165, 1.54) is 24.3 Å². The predicted molar refractivity (Wildman–Crippen MR) is 405 cm³/mol. The number of hydrogen-bond donors (Lipinski definition) is 1. The largest absolute Gasteiger partial charge is 0.748 e. The molecule has 5 aliphatic heterocycles. The maximum atomic E-state index is 12.8. The third-order valence-electron chi connectivity index (χ3n) is 20.2. The Morgan fingerprint density at radius 3 is 1.51 bits per heavy atom. The summed E-state index contributed by atoms with van der Waals surface area (Å²) < 4.78 is 160. The van der Waals surface area contributed by atoms with Crippen molar-refractivity contribution in [1.82, 2.24) is 19.0 Å². The van der Waals surface area contributed by atoms with Crippen molar-refractivity contribution in [1.29, 1.82) is 0 Å². The van der Waals surface area contributed by atoms with Crippen molar-refractivity contribution < 1.29 is 91.2 Å². The zero-order valence-electron chi connectivity index (χ0n) is 62.1. The van der Waals surface area contributed by atoms with Crippen molar-refractivity contribution in [3.05, 3.63) is 165 Å². The van der Waals surface area contributed by atoms with E-state index < -0.39 is 57.8 Å². The van der Waals surface area contributed by atoms with Crippen LogP contribution in [0.5, 0.6) is 0 Å². The summed E-state index contributed by atoms with van der Waals surface area (Å²) in [6.45, 7) is 22.7. The van der Waals surface area contributed by atoms with Gasteiger partial charge in [-0.15, -0.1) is 0 Å². The topological polar surface area (TPSA) is 333 Å². The molecule has 0 radical (unpaired) electrons. The van der Waals surface area contributed by atoms with Crippen molar-refractivity contribution in [3.63, 3.8) is 0 Å². The van der Waals surface area contributed by atoms with Gasteiger partial charge in [0.05, 0.1) is 84.9 Å². The van der Waals surface area contributed by atoms with E-state index in [4.69, 9.17) is 27.8 Å². The number of ether oxygens (including phenoxy) is 4. The number of aryl methyl sites for hydroxylation is 2. The van der Waals surface area contributed by atoms with Gasteiger partial charge in [0.1, 0.15) is 69.5 Å². The number of hydrogen-bond acceptors (Lipinski definition) is 24. The highest BCUT2D eigenvalue weighted by Crippen LogP contribution is 2.55. The van der Waals surface area contributed by atoms with Crippen molar-refractivity contribution in [2.45, 2.75) is 114 Å². The Labute approximate surface area is 632 Å². The molecule has 2 unspecified atom stereocenters. The van der Waals surface area contributed by atoms with Crippen LogP contribution in [0.15, 0.2) is 139 Å². The molecule has 0 saturated carbocycles. The van der Waals surface area contributed by atoms with Crippen LogP contribution < -0.4 is 34.9 Å². The maximum absolute atomic E-state index is 12.8. The van der Waals surface area contributed by atoms with Crippen molar-refractivity contribution in [3.8, 4) is 22.6 Å². The number of aliphatic carboxylic acids is 1. The van der Waals surface area contributed by atoms with Gasteiger partial charge in [0, 0.05) is 126 Å². The summed E-state index contributed by atoms with van der Waals surface area (Å²) in [5.74, 6) is 1.32. The van der Waals surface area contributed by atoms with Crippen LogP contribution in [-0.2, 0) is 74.3 Å². The number of carbonyl (C=O) groups is 1. The van der Waals surface area contributed by atoms with Crippen LogP contribution in [0.2, 0.25) is 0 Å². The second-order valence-corrected chi connectivity index (χ2v) is 32.0. The van der Waals surface area contributed by atoms with E-state index in [2.05, 4.69) is 75.1 Å². The number of benzene rings is 4. The minimum atomic E-state index is -5.04. The Balaban J connectivity index is 1.03. The summed E-state index contributed by atoms with van der Waals surface area (Å²) in [5.41, 5.74) is 5.25. The zero-order valence-corrected chi connectivity index (χ0v) is 65.3. The maximum Gasteiger partial charge on any atom is 0.303 e. The SMILES string of the molecule is CC[N+](CC)=c1ccc2c(/C=C/C=C3\N(CCCSOO[O-])c4cc(S(=O)(=O)[O-])ccc4C3(C)CCN3CCOCCOCCOCCN(CCC4(CCCC(=O)O)/C(=C/C=C/c5cc(C)oc6cc(=[N+](CC)CC)ccc5-6)N(CCCS(=O)(=O)[O-])c5cc(S(=O)(=O)[O-])ccc54)CCOCC3)cc(C)oc-2c1. The molecule has 0 amide bonds. The van der Waals surface area contributed by atoms with Gasteiger partial charge in [0.25, 0.3) is 0 Å². The molecule has 5 heterocycles. The van der Waals surface area contributed by atoms with E-state index in [9.17, 15) is 54.1 Å². The first-order valence-corrected chi connectivity index (χ1v) is 41.8. The number of fused-ring (bicyclic) bond motifs is 4. The molecule has 0 bridgehead atoms. The smallest absolute Gasteiger partial charge is 0.303 e. The van der Waals surface area contributed by atoms with Gasteiger partial charge in [-0.1, -0.05) is 36.4 Å². The average molecular weight is 1560 g/mol. The molecule has 7 aliphatic rings. The van der Waals surface area contributed by atoms with Gasteiger partial charge in [0.15, 0.2) is 0 Å². The summed E-state index contributed by atoms with van der Waals surface area (Å²) >= 11 is 0.841. The first-order chi connectivity index (χ1) is 51.2. The first-order valence-electron chi connectivity index (χ1n) is 36.5. The molecular formula is C77H100N6O20S4-2. The summed E-state index contributed by atoms with van der Waals surface area (Å²) in [6.07, 6.45) is 12.9. The molecule has 2 aliphatic carbocycles. The van der Waals surface area contributed by atoms with Crippen LogP contribution in [0.25, 0.3) is 34.8 Å². The summed E-state index contributed by atoms with van der Waals surface area (Å²) in [4.78, 5) is 19.8. The Morgan fingerprint density at radius 1 is 0.570 bits per heavy atom. The molecular weight excluding hydrogens is 1460 g/mol. The molecule has 9 rings (SSSR count). The lowest BCUT2D eigenvalue weighted by atomic mass is 9.72. The van der Waals surface area contributed by atoms with E-state index in [1.54, 1.807) is 17.0 Å². The second-order valence-electron chi connectivity index (χ2n) is 26.9. The fourth-order valence-electron chi connectivity index (χ4n) is 14.8. The molecule has 26 nitrogen and oxygen atoms in total. The van der Waals surface area contributed by atoms with Crippen molar-refractivity contribution in [2.24, 2.45) is 0 Å². The highest BCUT2D eigenvalue weighted by atomic mass is 32.2. The van der Waals surface area contributed by atoms with Gasteiger partial charge in [-0.3, -0.25) is 19.6 Å². The molecule has 2 aromatic rings. The molecule has 584 valence electrons. The van der Waals surface area contributed by atoms with E-state index in [0.29, 0.717) is 137 Å². The number of anilines is 2. The van der Waals surface area contributed by atoms with E-state index >= 15 is 0 Å². The normalized spacial score (nSPS) is 19.5. The molecule has 1 fully saturated rings. The molecule has 30 heteroatoms. The third kappa shape index (κ3) is 22.4. The fraction of sp³-hybridized carbons (Fsp3) is 0.494. The average Bonchev–Trinajstić information content (AvgIpc) is 1.58. The summed E-state index contributed by atoms with van der Waals surface area (Å²) in [7, 11) is -14.6. The summed E-state index contributed by atoms with van der Waals surface area (Å²) in [5, 5.41) is 26.6. The van der Waals surface area contributed by atoms with Crippen molar-refractivity contribution in [2.75, 3.05) is 153 Å². The van der Waals surface area contributed by atoms with E-state index in [1.807, 2.05) is 91.6 Å². The van der Waals surface area contributed by atoms with Gasteiger partial charge in [0.2, 0.25) is 10.7 Å². The van der Waals surface area contributed by atoms with E-state index in [0.717, 1.165) is 88.2 Å². The van der Waals surface area contributed by atoms with Crippen LogP contribution in [-0.4, -0.2) is 203 Å². The molecule has 2 aromatic carbocycles. The molecule has 1 saturated heterocycles. The Hall–Kier alpha value is -6.95. The van der Waals surface area contributed by atoms with Crippen molar-refractivity contribution >= 4 is 71.9 Å². The van der Waals surface area contributed by atoms with Crippen LogP contribution in [0, 0.1) is 13.8 Å². The summed E-state index contributed by atoms with van der Waals surface area (Å²) in [6, 6.07) is 24.7. The van der Waals surface area contributed by atoms with Gasteiger partial charge in [-0.2, -0.15) is 4.33 Å². The lowest BCUT2D eigenvalue weighted by Crippen LogP contribution is -2.39. The molecule has 1 N–H and O–H groups in total.